The maximum absolute atomic E-state index is 12.7. The first-order valence-corrected chi connectivity index (χ1v) is 10.2. The van der Waals surface area contributed by atoms with Crippen molar-refractivity contribution in [2.45, 2.75) is 31.3 Å². The molecule has 3 aromatic rings. The Bertz CT molecular complexity index is 1090. The molecule has 7 heteroatoms. The average Bonchev–Trinajstić information content (AvgIpc) is 2.94. The number of carbonyl (C=O) groups excluding carboxylic acids is 2. The summed E-state index contributed by atoms with van der Waals surface area (Å²) in [7, 11) is 0. The van der Waals surface area contributed by atoms with E-state index in [1.165, 1.54) is 23.9 Å². The lowest BCUT2D eigenvalue weighted by atomic mass is 10.0. The molecule has 148 valence electrons. The van der Waals surface area contributed by atoms with Crippen LogP contribution in [-0.4, -0.2) is 26.9 Å². The van der Waals surface area contributed by atoms with Gasteiger partial charge in [-0.2, -0.15) is 5.10 Å². The third kappa shape index (κ3) is 3.53. The Balaban J connectivity index is 1.86. The fourth-order valence-electron chi connectivity index (χ4n) is 3.44. The van der Waals surface area contributed by atoms with E-state index in [9.17, 15) is 14.7 Å². The minimum absolute atomic E-state index is 0.0848. The lowest BCUT2D eigenvalue weighted by Gasteiger charge is -2.18. The average molecular weight is 406 g/mol. The number of nitrogens with zero attached hydrogens (tertiary/aromatic N) is 2. The Morgan fingerprint density at radius 2 is 1.76 bits per heavy atom. The van der Waals surface area contributed by atoms with Crippen molar-refractivity contribution in [2.24, 2.45) is 0 Å². The lowest BCUT2D eigenvalue weighted by Crippen LogP contribution is -2.22. The quantitative estimate of drug-likeness (QED) is 0.722. The van der Waals surface area contributed by atoms with Crippen LogP contribution in [0.2, 0.25) is 0 Å². The van der Waals surface area contributed by atoms with Crippen molar-refractivity contribution in [3.63, 3.8) is 0 Å². The molecule has 1 aliphatic rings. The number of nitrogens with one attached hydrogen (secondary N) is 1. The molecular formula is C22H20N3O3S-. The molecule has 0 fully saturated rings. The highest BCUT2D eigenvalue weighted by molar-refractivity contribution is 8.01. The van der Waals surface area contributed by atoms with E-state index in [-0.39, 0.29) is 22.0 Å². The number of anilines is 1. The second-order valence-corrected chi connectivity index (χ2v) is 8.60. The van der Waals surface area contributed by atoms with Gasteiger partial charge in [0.15, 0.2) is 0 Å². The van der Waals surface area contributed by atoms with E-state index >= 15 is 0 Å². The van der Waals surface area contributed by atoms with Gasteiger partial charge in [0.2, 0.25) is 5.91 Å². The summed E-state index contributed by atoms with van der Waals surface area (Å²) in [4.78, 5) is 23.8. The van der Waals surface area contributed by atoms with Crippen LogP contribution < -0.4 is 10.4 Å². The third-order valence-corrected chi connectivity index (χ3v) is 6.45. The van der Waals surface area contributed by atoms with Gasteiger partial charge >= 0.3 is 0 Å². The second-order valence-electron chi connectivity index (χ2n) is 7.15. The standard InChI is InChI=1S/C22H21N3O3S/c1-12-4-10-17(11-5-12)25-20-18(13(2)24-25)19(29-14(3)21(26)23-20)15-6-8-16(9-7-15)22(27)28/h4-11,14,19H,1-3H3,(H,23,26)(H,27,28)/p-1/t14-,19-/m1/s1. The number of hydrogen-bond acceptors (Lipinski definition) is 5. The summed E-state index contributed by atoms with van der Waals surface area (Å²) in [5.41, 5.74) is 4.79. The Morgan fingerprint density at radius 1 is 1.10 bits per heavy atom. The van der Waals surface area contributed by atoms with E-state index in [1.54, 1.807) is 16.8 Å². The number of thioether (sulfide) groups is 1. The first-order valence-electron chi connectivity index (χ1n) is 9.29. The number of fused-ring (bicyclic) bond motifs is 1. The Hall–Kier alpha value is -3.06. The van der Waals surface area contributed by atoms with Gasteiger partial charge in [-0.15, -0.1) is 11.8 Å². The van der Waals surface area contributed by atoms with E-state index in [1.807, 2.05) is 45.0 Å². The Kier molecular flexibility index (Phi) is 4.92. The van der Waals surface area contributed by atoms with Crippen LogP contribution in [0.3, 0.4) is 0 Å². The zero-order valence-electron chi connectivity index (χ0n) is 16.3. The number of carboxylic acid groups (broad SMARTS) is 1. The molecule has 2 atom stereocenters. The van der Waals surface area contributed by atoms with Crippen LogP contribution in [-0.2, 0) is 4.79 Å². The van der Waals surface area contributed by atoms with E-state index in [4.69, 9.17) is 5.10 Å². The molecule has 29 heavy (non-hydrogen) atoms. The van der Waals surface area contributed by atoms with E-state index in [2.05, 4.69) is 5.32 Å². The molecule has 0 aliphatic carbocycles. The summed E-state index contributed by atoms with van der Waals surface area (Å²) >= 11 is 1.52. The maximum Gasteiger partial charge on any atom is 0.238 e. The molecule has 1 aromatic heterocycles. The van der Waals surface area contributed by atoms with Crippen LogP contribution in [0.4, 0.5) is 5.82 Å². The van der Waals surface area contributed by atoms with Crippen LogP contribution in [0.1, 0.15) is 44.9 Å². The zero-order valence-corrected chi connectivity index (χ0v) is 17.1. The zero-order chi connectivity index (χ0) is 20.7. The van der Waals surface area contributed by atoms with Crippen LogP contribution >= 0.6 is 11.8 Å². The van der Waals surface area contributed by atoms with Gasteiger partial charge in [-0.1, -0.05) is 42.0 Å². The van der Waals surface area contributed by atoms with Crippen molar-refractivity contribution in [3.8, 4) is 5.69 Å². The van der Waals surface area contributed by atoms with Crippen molar-refractivity contribution >= 4 is 29.5 Å². The number of rotatable bonds is 3. The van der Waals surface area contributed by atoms with Gasteiger partial charge < -0.3 is 15.2 Å². The number of benzene rings is 2. The van der Waals surface area contributed by atoms with E-state index < -0.39 is 5.97 Å². The van der Waals surface area contributed by atoms with E-state index in [0.29, 0.717) is 5.82 Å². The minimum Gasteiger partial charge on any atom is -0.545 e. The van der Waals surface area contributed by atoms with Crippen LogP contribution in [0.5, 0.6) is 0 Å². The molecule has 6 nitrogen and oxygen atoms in total. The van der Waals surface area contributed by atoms with Gasteiger partial charge in [-0.25, -0.2) is 4.68 Å². The summed E-state index contributed by atoms with van der Waals surface area (Å²) in [5, 5.41) is 18.4. The molecule has 4 rings (SSSR count). The monoisotopic (exact) mass is 406 g/mol. The van der Waals surface area contributed by atoms with E-state index in [0.717, 1.165) is 28.1 Å². The van der Waals surface area contributed by atoms with Gasteiger partial charge in [-0.3, -0.25) is 4.79 Å². The molecule has 2 aromatic carbocycles. The number of hydrogen-bond donors (Lipinski definition) is 1. The number of carbonyl (C=O) groups is 2. The van der Waals surface area contributed by atoms with Crippen LogP contribution in [0.25, 0.3) is 5.69 Å². The van der Waals surface area contributed by atoms with Crippen molar-refractivity contribution in [3.05, 3.63) is 76.5 Å². The smallest absolute Gasteiger partial charge is 0.238 e. The summed E-state index contributed by atoms with van der Waals surface area (Å²) in [6.07, 6.45) is 0. The molecule has 0 spiro atoms. The molecule has 1 N–H and O–H groups in total. The number of amides is 1. The molecule has 2 heterocycles. The van der Waals surface area contributed by atoms with Crippen LogP contribution in [0, 0.1) is 13.8 Å². The van der Waals surface area contributed by atoms with Gasteiger partial charge in [0.25, 0.3) is 0 Å². The number of carboxylic acids is 1. The first kappa shape index (κ1) is 19.3. The van der Waals surface area contributed by atoms with Crippen LogP contribution in [0.15, 0.2) is 48.5 Å². The Labute approximate surface area is 172 Å². The summed E-state index contributed by atoms with van der Waals surface area (Å²) < 4.78 is 1.77. The second kappa shape index (κ2) is 7.40. The van der Waals surface area contributed by atoms with Crippen molar-refractivity contribution < 1.29 is 14.7 Å². The molecule has 0 saturated heterocycles. The minimum atomic E-state index is -1.21. The van der Waals surface area contributed by atoms with Gasteiger partial charge in [0.05, 0.1) is 27.9 Å². The normalized spacial score (nSPS) is 18.7. The van der Waals surface area contributed by atoms with Gasteiger partial charge in [0.1, 0.15) is 5.82 Å². The predicted octanol–water partition coefficient (Wildman–Crippen LogP) is 3.02. The molecule has 0 unspecified atom stereocenters. The highest BCUT2D eigenvalue weighted by atomic mass is 32.2. The van der Waals surface area contributed by atoms with Gasteiger partial charge in [-0.05, 0) is 44.0 Å². The number of aromatic nitrogens is 2. The topological polar surface area (TPSA) is 87.0 Å². The van der Waals surface area contributed by atoms with Crippen molar-refractivity contribution in [1.29, 1.82) is 0 Å². The largest absolute Gasteiger partial charge is 0.545 e. The van der Waals surface area contributed by atoms with Crippen molar-refractivity contribution in [1.82, 2.24) is 9.78 Å². The Morgan fingerprint density at radius 3 is 2.38 bits per heavy atom. The molecule has 0 saturated carbocycles. The van der Waals surface area contributed by atoms with Gasteiger partial charge in [0, 0.05) is 5.56 Å². The highest BCUT2D eigenvalue weighted by Gasteiger charge is 2.34. The lowest BCUT2D eigenvalue weighted by molar-refractivity contribution is -0.255. The molecule has 1 aliphatic heterocycles. The summed E-state index contributed by atoms with van der Waals surface area (Å²) in [5.74, 6) is -0.639. The molecule has 1 amide bonds. The third-order valence-electron chi connectivity index (χ3n) is 5.05. The molecular weight excluding hydrogens is 386 g/mol. The summed E-state index contributed by atoms with van der Waals surface area (Å²) in [6.45, 7) is 5.81. The number of aryl methyl sites for hydroxylation is 2. The molecule has 0 radical (unpaired) electrons. The van der Waals surface area contributed by atoms with Crippen molar-refractivity contribution in [2.75, 3.05) is 5.32 Å². The fraction of sp³-hybridized carbons (Fsp3) is 0.227. The fourth-order valence-corrected chi connectivity index (χ4v) is 4.76. The SMILES string of the molecule is Cc1ccc(-n2nc(C)c3c2NC(=O)[C@@H](C)S[C@@H]3c2ccc(C(=O)[O-])cc2)cc1. The number of aromatic carboxylic acids is 1. The maximum atomic E-state index is 12.7. The summed E-state index contributed by atoms with van der Waals surface area (Å²) in [6, 6.07) is 14.6. The first-order chi connectivity index (χ1) is 13.8. The molecule has 0 bridgehead atoms. The highest BCUT2D eigenvalue weighted by Crippen LogP contribution is 2.46. The predicted molar refractivity (Wildman–Crippen MR) is 111 cm³/mol.